The number of aryl methyl sites for hydroxylation is 1. The van der Waals surface area contributed by atoms with Crippen molar-refractivity contribution < 1.29 is 4.74 Å². The van der Waals surface area contributed by atoms with E-state index in [1.165, 1.54) is 37.8 Å². The Kier molecular flexibility index (Phi) is 5.27. The summed E-state index contributed by atoms with van der Waals surface area (Å²) >= 11 is 0. The molecule has 1 saturated carbocycles. The van der Waals surface area contributed by atoms with Crippen LogP contribution in [0.15, 0.2) is 6.20 Å². The molecule has 0 bridgehead atoms. The van der Waals surface area contributed by atoms with Gasteiger partial charge in [0.2, 0.25) is 0 Å². The summed E-state index contributed by atoms with van der Waals surface area (Å²) in [7, 11) is 8.19. The molecule has 0 spiro atoms. The highest BCUT2D eigenvalue weighted by atomic mass is 16.5. The van der Waals surface area contributed by atoms with Crippen LogP contribution < -0.4 is 10.1 Å². The van der Waals surface area contributed by atoms with Gasteiger partial charge in [0.05, 0.1) is 25.0 Å². The number of rotatable bonds is 6. The zero-order chi connectivity index (χ0) is 15.5. The van der Waals surface area contributed by atoms with E-state index in [-0.39, 0.29) is 11.6 Å². The first kappa shape index (κ1) is 16.3. The number of nitrogens with zero attached hydrogens (tertiary/aromatic N) is 3. The number of hydrogen-bond donors (Lipinski definition) is 1. The van der Waals surface area contributed by atoms with E-state index in [4.69, 9.17) is 4.74 Å². The zero-order valence-electron chi connectivity index (χ0n) is 14.1. The summed E-state index contributed by atoms with van der Waals surface area (Å²) in [6.45, 7) is 2.99. The Morgan fingerprint density at radius 2 is 2.05 bits per heavy atom. The molecule has 0 aliphatic heterocycles. The number of ether oxygens (including phenoxy) is 1. The van der Waals surface area contributed by atoms with Crippen molar-refractivity contribution in [2.75, 3.05) is 28.3 Å². The van der Waals surface area contributed by atoms with Gasteiger partial charge in [0.1, 0.15) is 0 Å². The minimum Gasteiger partial charge on any atom is -0.493 e. The standard InChI is InChI=1S/C16H30N4O/c1-6-20-14(13(21-5)12-18-20)15(17-2)16(19(3)4)10-8-7-9-11-16/h12,15,17H,6-11H2,1-5H3. The van der Waals surface area contributed by atoms with Gasteiger partial charge in [-0.25, -0.2) is 0 Å². The molecule has 0 radical (unpaired) electrons. The highest BCUT2D eigenvalue weighted by Gasteiger charge is 2.44. The van der Waals surface area contributed by atoms with E-state index in [2.05, 4.69) is 48.1 Å². The van der Waals surface area contributed by atoms with E-state index in [0.29, 0.717) is 0 Å². The van der Waals surface area contributed by atoms with E-state index in [9.17, 15) is 0 Å². The van der Waals surface area contributed by atoms with Crippen LogP contribution in [0.25, 0.3) is 0 Å². The van der Waals surface area contributed by atoms with E-state index >= 15 is 0 Å². The summed E-state index contributed by atoms with van der Waals surface area (Å²) in [4.78, 5) is 2.40. The molecule has 0 saturated heterocycles. The van der Waals surface area contributed by atoms with Gasteiger partial charge in [-0.3, -0.25) is 4.68 Å². The van der Waals surface area contributed by atoms with E-state index < -0.39 is 0 Å². The number of aromatic nitrogens is 2. The van der Waals surface area contributed by atoms with Crippen molar-refractivity contribution in [3.8, 4) is 5.75 Å². The maximum absolute atomic E-state index is 5.58. The van der Waals surface area contributed by atoms with Crippen LogP contribution in [0.1, 0.15) is 50.8 Å². The van der Waals surface area contributed by atoms with Crippen LogP contribution >= 0.6 is 0 Å². The number of likely N-dealkylation sites (N-methyl/N-ethyl adjacent to an activating group) is 2. The molecule has 1 fully saturated rings. The summed E-state index contributed by atoms with van der Waals surface area (Å²) < 4.78 is 7.65. The summed E-state index contributed by atoms with van der Waals surface area (Å²) in [6.07, 6.45) is 8.19. The van der Waals surface area contributed by atoms with E-state index in [1.807, 2.05) is 6.20 Å². The molecule has 1 heterocycles. The first-order chi connectivity index (χ1) is 10.1. The lowest BCUT2D eigenvalue weighted by Crippen LogP contribution is -2.54. The highest BCUT2D eigenvalue weighted by Crippen LogP contribution is 2.44. The molecule has 1 aromatic rings. The van der Waals surface area contributed by atoms with Crippen LogP contribution in [-0.2, 0) is 6.54 Å². The van der Waals surface area contributed by atoms with Crippen LogP contribution in [0.4, 0.5) is 0 Å². The molecule has 0 amide bonds. The average molecular weight is 294 g/mol. The molecule has 0 aromatic carbocycles. The molecule has 1 unspecified atom stereocenters. The molecule has 1 N–H and O–H groups in total. The number of methoxy groups -OCH3 is 1. The molecular weight excluding hydrogens is 264 g/mol. The third-order valence-corrected chi connectivity index (χ3v) is 5.07. The number of nitrogens with one attached hydrogen (secondary N) is 1. The molecular formula is C16H30N4O. The third-order valence-electron chi connectivity index (χ3n) is 5.07. The lowest BCUT2D eigenvalue weighted by Gasteiger charge is -2.48. The largest absolute Gasteiger partial charge is 0.493 e. The van der Waals surface area contributed by atoms with Gasteiger partial charge in [0.15, 0.2) is 5.75 Å². The smallest absolute Gasteiger partial charge is 0.161 e. The van der Waals surface area contributed by atoms with Crippen LogP contribution in [0, 0.1) is 0 Å². The predicted molar refractivity (Wildman–Crippen MR) is 85.8 cm³/mol. The normalized spacial score (nSPS) is 19.7. The first-order valence-electron chi connectivity index (χ1n) is 8.05. The van der Waals surface area contributed by atoms with E-state index in [1.54, 1.807) is 7.11 Å². The van der Waals surface area contributed by atoms with Gasteiger partial charge >= 0.3 is 0 Å². The molecule has 21 heavy (non-hydrogen) atoms. The van der Waals surface area contributed by atoms with Crippen molar-refractivity contribution in [2.45, 2.75) is 57.2 Å². The summed E-state index contributed by atoms with van der Waals surface area (Å²) in [5, 5.41) is 8.06. The Bertz CT molecular complexity index is 428. The Labute approximate surface area is 128 Å². The quantitative estimate of drug-likeness (QED) is 0.875. The fourth-order valence-corrected chi connectivity index (χ4v) is 3.90. The second-order valence-corrected chi connectivity index (χ2v) is 6.19. The monoisotopic (exact) mass is 294 g/mol. The SMILES string of the molecule is CCn1ncc(OC)c1C(NC)C1(N(C)C)CCCCC1. The number of hydrogen-bond acceptors (Lipinski definition) is 4. The molecule has 1 aliphatic rings. The lowest BCUT2D eigenvalue weighted by atomic mass is 9.74. The summed E-state index contributed by atoms with van der Waals surface area (Å²) in [5.74, 6) is 0.892. The van der Waals surface area contributed by atoms with Gasteiger partial charge < -0.3 is 15.0 Å². The molecule has 1 aromatic heterocycles. The van der Waals surface area contributed by atoms with Crippen molar-refractivity contribution in [1.82, 2.24) is 20.0 Å². The first-order valence-corrected chi connectivity index (χ1v) is 8.05. The van der Waals surface area contributed by atoms with E-state index in [0.717, 1.165) is 12.3 Å². The Morgan fingerprint density at radius 1 is 1.38 bits per heavy atom. The van der Waals surface area contributed by atoms with Crippen molar-refractivity contribution in [2.24, 2.45) is 0 Å². The Hall–Kier alpha value is -1.07. The predicted octanol–water partition coefficient (Wildman–Crippen LogP) is 2.44. The topological polar surface area (TPSA) is 42.3 Å². The summed E-state index contributed by atoms with van der Waals surface area (Å²) in [5.41, 5.74) is 1.31. The van der Waals surface area contributed by atoms with Gasteiger partial charge in [-0.2, -0.15) is 5.10 Å². The van der Waals surface area contributed by atoms with Crippen molar-refractivity contribution in [3.05, 3.63) is 11.9 Å². The third kappa shape index (κ3) is 2.81. The van der Waals surface area contributed by atoms with Crippen LogP contribution in [0.3, 0.4) is 0 Å². The van der Waals surface area contributed by atoms with Crippen LogP contribution in [0.5, 0.6) is 5.75 Å². The van der Waals surface area contributed by atoms with Gasteiger partial charge in [-0.15, -0.1) is 0 Å². The van der Waals surface area contributed by atoms with Crippen molar-refractivity contribution in [3.63, 3.8) is 0 Å². The minimum atomic E-state index is 0.132. The zero-order valence-corrected chi connectivity index (χ0v) is 14.1. The van der Waals surface area contributed by atoms with Crippen molar-refractivity contribution in [1.29, 1.82) is 0 Å². The second-order valence-electron chi connectivity index (χ2n) is 6.19. The highest BCUT2D eigenvalue weighted by molar-refractivity contribution is 5.31. The van der Waals surface area contributed by atoms with Crippen molar-refractivity contribution >= 4 is 0 Å². The van der Waals surface area contributed by atoms with Crippen LogP contribution in [-0.4, -0.2) is 48.5 Å². The van der Waals surface area contributed by atoms with Gasteiger partial charge in [-0.05, 0) is 40.9 Å². The molecule has 5 heteroatoms. The Morgan fingerprint density at radius 3 is 2.52 bits per heavy atom. The van der Waals surface area contributed by atoms with Crippen LogP contribution in [0.2, 0.25) is 0 Å². The molecule has 120 valence electrons. The molecule has 2 rings (SSSR count). The maximum atomic E-state index is 5.58. The van der Waals surface area contributed by atoms with Gasteiger partial charge in [0, 0.05) is 12.1 Å². The summed E-state index contributed by atoms with van der Waals surface area (Å²) in [6, 6.07) is 0.227. The average Bonchev–Trinajstić information content (AvgIpc) is 2.91. The fourth-order valence-electron chi connectivity index (χ4n) is 3.90. The Balaban J connectivity index is 2.48. The minimum absolute atomic E-state index is 0.132. The van der Waals surface area contributed by atoms with Gasteiger partial charge in [-0.1, -0.05) is 19.3 Å². The lowest BCUT2D eigenvalue weighted by molar-refractivity contribution is 0.0550. The second kappa shape index (κ2) is 6.79. The molecule has 1 atom stereocenters. The maximum Gasteiger partial charge on any atom is 0.161 e. The molecule has 1 aliphatic carbocycles. The van der Waals surface area contributed by atoms with Gasteiger partial charge in [0.25, 0.3) is 0 Å². The molecule has 5 nitrogen and oxygen atoms in total. The fraction of sp³-hybridized carbons (Fsp3) is 0.812.